The Bertz CT molecular complexity index is 1020. The van der Waals surface area contributed by atoms with Gasteiger partial charge in [0.05, 0.1) is 5.56 Å². The van der Waals surface area contributed by atoms with E-state index < -0.39 is 11.7 Å². The zero-order chi connectivity index (χ0) is 27.0. The molecule has 0 saturated heterocycles. The number of hydrogen-bond acceptors (Lipinski definition) is 4. The summed E-state index contributed by atoms with van der Waals surface area (Å²) in [6.45, 7) is 6.35. The van der Waals surface area contributed by atoms with Crippen LogP contribution in [0.4, 0.5) is 18.9 Å². The van der Waals surface area contributed by atoms with E-state index in [9.17, 15) is 13.2 Å². The van der Waals surface area contributed by atoms with E-state index in [2.05, 4.69) is 53.0 Å². The average Bonchev–Trinajstić information content (AvgIpc) is 2.86. The molecule has 1 heterocycles. The van der Waals surface area contributed by atoms with Gasteiger partial charge in [0, 0.05) is 37.3 Å². The van der Waals surface area contributed by atoms with E-state index in [1.165, 1.54) is 12.1 Å². The summed E-state index contributed by atoms with van der Waals surface area (Å²) in [6, 6.07) is 4.23. The van der Waals surface area contributed by atoms with Gasteiger partial charge in [0.2, 0.25) is 12.2 Å². The van der Waals surface area contributed by atoms with Crippen molar-refractivity contribution in [3.05, 3.63) is 53.6 Å². The van der Waals surface area contributed by atoms with Crippen LogP contribution in [-0.4, -0.2) is 50.6 Å². The largest absolute Gasteiger partial charge is 0.416 e. The zero-order valence-electron chi connectivity index (χ0n) is 22.1. The van der Waals surface area contributed by atoms with Crippen LogP contribution in [0.25, 0.3) is 0 Å². The number of likely N-dealkylation sites (N-methyl/N-ethyl adjacent to an activating group) is 1. The fourth-order valence-corrected chi connectivity index (χ4v) is 5.23. The molecule has 1 aliphatic heterocycles. The van der Waals surface area contributed by atoms with Crippen LogP contribution in [0.1, 0.15) is 50.2 Å². The van der Waals surface area contributed by atoms with Crippen molar-refractivity contribution in [2.45, 2.75) is 51.2 Å². The molecular formula is C28H39F3N6. The van der Waals surface area contributed by atoms with Gasteiger partial charge in [0.25, 0.3) is 0 Å². The second-order valence-electron chi connectivity index (χ2n) is 10.5. The summed E-state index contributed by atoms with van der Waals surface area (Å²) in [5.74, 6) is 1.22. The predicted octanol–water partition coefficient (Wildman–Crippen LogP) is 5.35. The van der Waals surface area contributed by atoms with Crippen molar-refractivity contribution in [3.8, 4) is 6.19 Å². The Kier molecular flexibility index (Phi) is 10.0. The van der Waals surface area contributed by atoms with Crippen LogP contribution < -0.4 is 16.0 Å². The Hall–Kier alpha value is -2.99. The molecule has 3 N–H and O–H groups in total. The van der Waals surface area contributed by atoms with E-state index in [1.807, 2.05) is 31.3 Å². The zero-order valence-corrected chi connectivity index (χ0v) is 22.1. The van der Waals surface area contributed by atoms with Gasteiger partial charge >= 0.3 is 6.18 Å². The van der Waals surface area contributed by atoms with Crippen LogP contribution >= 0.6 is 0 Å². The summed E-state index contributed by atoms with van der Waals surface area (Å²) >= 11 is 0. The summed E-state index contributed by atoms with van der Waals surface area (Å²) in [5.41, 5.74) is 0.951. The van der Waals surface area contributed by atoms with Crippen LogP contribution in [0.5, 0.6) is 0 Å². The summed E-state index contributed by atoms with van der Waals surface area (Å²) in [4.78, 5) is 5.89. The van der Waals surface area contributed by atoms with Gasteiger partial charge in [-0.2, -0.15) is 18.4 Å². The summed E-state index contributed by atoms with van der Waals surface area (Å²) in [5, 5.41) is 19.0. The average molecular weight is 517 g/mol. The molecule has 0 spiro atoms. The van der Waals surface area contributed by atoms with E-state index in [4.69, 9.17) is 5.26 Å². The molecule has 0 amide bonds. The molecule has 1 aliphatic carbocycles. The summed E-state index contributed by atoms with van der Waals surface area (Å²) in [7, 11) is 3.96. The maximum atomic E-state index is 13.4. The lowest BCUT2D eigenvalue weighted by molar-refractivity contribution is -0.137. The van der Waals surface area contributed by atoms with Gasteiger partial charge in [-0.25, -0.2) is 0 Å². The molecule has 0 aromatic heterocycles. The Morgan fingerprint density at radius 2 is 2.05 bits per heavy atom. The highest BCUT2D eigenvalue weighted by Crippen LogP contribution is 2.45. The van der Waals surface area contributed by atoms with Crippen molar-refractivity contribution in [2.24, 2.45) is 22.7 Å². The number of allylic oxidation sites excluding steroid dienone is 3. The molecular weight excluding hydrogens is 477 g/mol. The minimum atomic E-state index is -4.36. The number of nitriles is 1. The quantitative estimate of drug-likeness (QED) is 0.235. The van der Waals surface area contributed by atoms with Crippen molar-refractivity contribution >= 4 is 11.6 Å². The van der Waals surface area contributed by atoms with Gasteiger partial charge in [-0.1, -0.05) is 38.2 Å². The van der Waals surface area contributed by atoms with Crippen LogP contribution in [0.3, 0.4) is 0 Å². The number of rotatable bonds is 9. The maximum absolute atomic E-state index is 13.4. The molecule has 202 valence electrons. The number of alkyl halides is 3. The topological polar surface area (TPSA) is 75.5 Å². The molecule has 1 aromatic carbocycles. The molecule has 3 rings (SSSR count). The Morgan fingerprint density at radius 3 is 2.70 bits per heavy atom. The molecule has 0 fully saturated rings. The molecule has 5 atom stereocenters. The first-order valence-electron chi connectivity index (χ1n) is 13.0. The number of benzene rings is 1. The second-order valence-corrected chi connectivity index (χ2v) is 10.5. The monoisotopic (exact) mass is 516 g/mol. The van der Waals surface area contributed by atoms with E-state index in [0.717, 1.165) is 37.1 Å². The standard InChI is InChI=1S/C28H39F3N6/c1-19(17-34-27(35-18-32)33-14-15-37(3)4)10-12-23-20(2)24-16-22(28(29,30)31)11-13-25(24)36-26(23)21-8-6-5-7-9-21/h5-8,11,13,16,19-21,23,26,36H,9-10,12,14-15,17H2,1-4H3,(H2,33,34,35)/t19-,20?,21?,23-,26+/m1/s1. The Morgan fingerprint density at radius 1 is 1.27 bits per heavy atom. The lowest BCUT2D eigenvalue weighted by atomic mass is 9.70. The number of hydrogen-bond donors (Lipinski definition) is 3. The van der Waals surface area contributed by atoms with Crippen molar-refractivity contribution in [1.82, 2.24) is 15.5 Å². The molecule has 9 heteroatoms. The lowest BCUT2D eigenvalue weighted by Crippen LogP contribution is -2.43. The summed E-state index contributed by atoms with van der Waals surface area (Å²) < 4.78 is 40.3. The fourth-order valence-electron chi connectivity index (χ4n) is 5.23. The predicted molar refractivity (Wildman–Crippen MR) is 143 cm³/mol. The highest BCUT2D eigenvalue weighted by Gasteiger charge is 2.39. The van der Waals surface area contributed by atoms with E-state index in [-0.39, 0.29) is 29.7 Å². The number of guanidine groups is 1. The van der Waals surface area contributed by atoms with E-state index in [0.29, 0.717) is 19.0 Å². The van der Waals surface area contributed by atoms with Gasteiger partial charge in [-0.3, -0.25) is 0 Å². The van der Waals surface area contributed by atoms with Gasteiger partial charge in [0.1, 0.15) is 0 Å². The first-order chi connectivity index (χ1) is 17.6. The molecule has 0 saturated carbocycles. The molecule has 6 nitrogen and oxygen atoms in total. The van der Waals surface area contributed by atoms with Crippen LogP contribution in [0, 0.1) is 29.2 Å². The molecule has 0 radical (unpaired) electrons. The molecule has 2 unspecified atom stereocenters. The van der Waals surface area contributed by atoms with Crippen LogP contribution in [0.2, 0.25) is 0 Å². The fraction of sp³-hybridized carbons (Fsp3) is 0.571. The second kappa shape index (κ2) is 13.0. The number of aliphatic imine (C=N–C) groups is 1. The number of nitrogens with zero attached hydrogens (tertiary/aromatic N) is 3. The first-order valence-corrected chi connectivity index (χ1v) is 13.0. The minimum Gasteiger partial charge on any atom is -0.381 e. The number of anilines is 1. The third-order valence-electron chi connectivity index (χ3n) is 7.39. The Balaban J connectivity index is 1.69. The van der Waals surface area contributed by atoms with Crippen molar-refractivity contribution in [2.75, 3.05) is 39.0 Å². The number of nitrogens with one attached hydrogen (secondary N) is 3. The van der Waals surface area contributed by atoms with Crippen molar-refractivity contribution in [3.63, 3.8) is 0 Å². The highest BCUT2D eigenvalue weighted by atomic mass is 19.4. The smallest absolute Gasteiger partial charge is 0.381 e. The van der Waals surface area contributed by atoms with Crippen LogP contribution in [0.15, 0.2) is 47.5 Å². The molecule has 0 bridgehead atoms. The molecule has 1 aromatic rings. The molecule has 2 aliphatic rings. The third-order valence-corrected chi connectivity index (χ3v) is 7.39. The minimum absolute atomic E-state index is 0.00794. The number of fused-ring (bicyclic) bond motifs is 1. The van der Waals surface area contributed by atoms with Crippen LogP contribution in [-0.2, 0) is 6.18 Å². The maximum Gasteiger partial charge on any atom is 0.416 e. The van der Waals surface area contributed by atoms with E-state index in [1.54, 1.807) is 6.07 Å². The normalized spacial score (nSPS) is 24.2. The highest BCUT2D eigenvalue weighted by molar-refractivity contribution is 5.80. The van der Waals surface area contributed by atoms with Crippen molar-refractivity contribution < 1.29 is 13.2 Å². The summed E-state index contributed by atoms with van der Waals surface area (Å²) in [6.07, 6.45) is 8.64. The molecule has 37 heavy (non-hydrogen) atoms. The van der Waals surface area contributed by atoms with Gasteiger partial charge < -0.3 is 20.9 Å². The van der Waals surface area contributed by atoms with E-state index >= 15 is 0 Å². The lowest BCUT2D eigenvalue weighted by Gasteiger charge is -2.43. The third kappa shape index (κ3) is 8.00. The van der Waals surface area contributed by atoms with Gasteiger partial charge in [-0.15, -0.1) is 4.99 Å². The SMILES string of the molecule is CC1c2cc(C(F)(F)F)ccc2N[C@@H](C2C=CC=CC2)[C@@H]1CC[C@@H](C)CN/C(=N\C#N)NCCN(C)C. The van der Waals surface area contributed by atoms with Gasteiger partial charge in [0.15, 0.2) is 0 Å². The van der Waals surface area contributed by atoms with Gasteiger partial charge in [-0.05, 0) is 74.9 Å². The number of halogens is 3. The van der Waals surface area contributed by atoms with Crippen molar-refractivity contribution in [1.29, 1.82) is 5.26 Å². The first kappa shape index (κ1) is 28.6. The Labute approximate surface area is 218 Å².